The molecule has 1 aliphatic rings. The summed E-state index contributed by atoms with van der Waals surface area (Å²) in [6, 6.07) is 0.327. The van der Waals surface area contributed by atoms with Crippen molar-refractivity contribution in [3.8, 4) is 0 Å². The molecule has 0 radical (unpaired) electrons. The molecule has 0 aromatic carbocycles. The Bertz CT molecular complexity index is 289. The van der Waals surface area contributed by atoms with E-state index in [-0.39, 0.29) is 18.2 Å². The second-order valence-electron chi connectivity index (χ2n) is 4.88. The first-order valence-electron chi connectivity index (χ1n) is 5.60. The first kappa shape index (κ1) is 13.1. The monoisotopic (exact) mass is 227 g/mol. The van der Waals surface area contributed by atoms with E-state index in [4.69, 9.17) is 5.73 Å². The molecule has 2 unspecified atom stereocenters. The summed E-state index contributed by atoms with van der Waals surface area (Å²) in [6.45, 7) is 4.34. The largest absolute Gasteiger partial charge is 0.354 e. The molecule has 2 atom stereocenters. The lowest BCUT2D eigenvalue weighted by Crippen LogP contribution is -2.56. The quantitative estimate of drug-likeness (QED) is 0.664. The van der Waals surface area contributed by atoms with E-state index in [2.05, 4.69) is 10.2 Å². The summed E-state index contributed by atoms with van der Waals surface area (Å²) in [5.74, 6) is -0.150. The second-order valence-corrected chi connectivity index (χ2v) is 4.88. The van der Waals surface area contributed by atoms with Gasteiger partial charge in [-0.05, 0) is 26.9 Å². The minimum Gasteiger partial charge on any atom is -0.354 e. The number of hydrogen-bond donors (Lipinski definition) is 2. The zero-order chi connectivity index (χ0) is 12.3. The van der Waals surface area contributed by atoms with E-state index in [1.807, 2.05) is 7.05 Å². The minimum absolute atomic E-state index is 0.0119. The molecule has 0 aromatic heterocycles. The SMILES string of the molecule is CC(=O)NCC(C)(N)C(=O)CC1CCN1C. The van der Waals surface area contributed by atoms with Crippen LogP contribution in [0.3, 0.4) is 0 Å². The summed E-state index contributed by atoms with van der Waals surface area (Å²) in [7, 11) is 2.00. The van der Waals surface area contributed by atoms with E-state index >= 15 is 0 Å². The summed E-state index contributed by atoms with van der Waals surface area (Å²) in [6.07, 6.45) is 1.53. The van der Waals surface area contributed by atoms with Crippen LogP contribution in [0.5, 0.6) is 0 Å². The molecule has 1 heterocycles. The van der Waals surface area contributed by atoms with Gasteiger partial charge in [0.2, 0.25) is 5.91 Å². The Morgan fingerprint density at radius 3 is 2.56 bits per heavy atom. The van der Waals surface area contributed by atoms with Crippen LogP contribution in [0.15, 0.2) is 0 Å². The van der Waals surface area contributed by atoms with Crippen molar-refractivity contribution in [1.29, 1.82) is 0 Å². The molecule has 3 N–H and O–H groups in total. The van der Waals surface area contributed by atoms with Crippen LogP contribution in [-0.4, -0.2) is 48.3 Å². The summed E-state index contributed by atoms with van der Waals surface area (Å²) in [5.41, 5.74) is 4.94. The van der Waals surface area contributed by atoms with E-state index in [9.17, 15) is 9.59 Å². The topological polar surface area (TPSA) is 75.4 Å². The summed E-state index contributed by atoms with van der Waals surface area (Å²) in [4.78, 5) is 24.8. The third kappa shape index (κ3) is 3.28. The third-order valence-corrected chi connectivity index (χ3v) is 3.20. The molecule has 5 heteroatoms. The second kappa shape index (κ2) is 4.93. The van der Waals surface area contributed by atoms with Crippen LogP contribution < -0.4 is 11.1 Å². The molecule has 5 nitrogen and oxygen atoms in total. The Labute approximate surface area is 96.4 Å². The molecule has 0 aliphatic carbocycles. The van der Waals surface area contributed by atoms with Crippen LogP contribution >= 0.6 is 0 Å². The van der Waals surface area contributed by atoms with Crippen molar-refractivity contribution in [3.05, 3.63) is 0 Å². The normalized spacial score (nSPS) is 24.4. The molecule has 1 aliphatic heterocycles. The first-order chi connectivity index (χ1) is 7.33. The predicted molar refractivity (Wildman–Crippen MR) is 61.9 cm³/mol. The smallest absolute Gasteiger partial charge is 0.216 e. The molecule has 16 heavy (non-hydrogen) atoms. The van der Waals surface area contributed by atoms with Gasteiger partial charge in [-0.25, -0.2) is 0 Å². The molecule has 0 aromatic rings. The van der Waals surface area contributed by atoms with Crippen molar-refractivity contribution in [2.75, 3.05) is 20.1 Å². The number of likely N-dealkylation sites (tertiary alicyclic amines) is 1. The average molecular weight is 227 g/mol. The number of hydrogen-bond acceptors (Lipinski definition) is 4. The van der Waals surface area contributed by atoms with Crippen LogP contribution in [0.2, 0.25) is 0 Å². The van der Waals surface area contributed by atoms with Gasteiger partial charge >= 0.3 is 0 Å². The van der Waals surface area contributed by atoms with Crippen LogP contribution in [0.1, 0.15) is 26.7 Å². The summed E-state index contributed by atoms with van der Waals surface area (Å²) >= 11 is 0. The van der Waals surface area contributed by atoms with Gasteiger partial charge in [0.1, 0.15) is 0 Å². The highest BCUT2D eigenvalue weighted by molar-refractivity contribution is 5.89. The molecule has 0 spiro atoms. The van der Waals surface area contributed by atoms with E-state index in [1.54, 1.807) is 6.92 Å². The van der Waals surface area contributed by atoms with Crippen LogP contribution in [-0.2, 0) is 9.59 Å². The Balaban J connectivity index is 2.41. The van der Waals surface area contributed by atoms with E-state index in [0.29, 0.717) is 12.5 Å². The predicted octanol–water partition coefficient (Wildman–Crippen LogP) is -0.497. The first-order valence-corrected chi connectivity index (χ1v) is 5.60. The van der Waals surface area contributed by atoms with E-state index in [1.165, 1.54) is 6.92 Å². The van der Waals surface area contributed by atoms with Crippen molar-refractivity contribution in [3.63, 3.8) is 0 Å². The number of ketones is 1. The number of carbonyl (C=O) groups excluding carboxylic acids is 2. The number of nitrogens with two attached hydrogens (primary N) is 1. The van der Waals surface area contributed by atoms with Gasteiger partial charge in [-0.3, -0.25) is 9.59 Å². The fourth-order valence-corrected chi connectivity index (χ4v) is 1.68. The lowest BCUT2D eigenvalue weighted by Gasteiger charge is -2.39. The molecular formula is C11H21N3O2. The summed E-state index contributed by atoms with van der Waals surface area (Å²) in [5, 5.41) is 2.59. The molecule has 0 saturated carbocycles. The molecule has 92 valence electrons. The third-order valence-electron chi connectivity index (χ3n) is 3.20. The van der Waals surface area contributed by atoms with Gasteiger partial charge in [0.15, 0.2) is 5.78 Å². The maximum Gasteiger partial charge on any atom is 0.216 e. The van der Waals surface area contributed by atoms with Crippen LogP contribution in [0, 0.1) is 0 Å². The lowest BCUT2D eigenvalue weighted by molar-refractivity contribution is -0.126. The molecule has 1 saturated heterocycles. The Morgan fingerprint density at radius 1 is 1.56 bits per heavy atom. The average Bonchev–Trinajstić information content (AvgIpc) is 2.20. The number of Topliss-reactive ketones (excluding diaryl/α,β-unsaturated/α-hetero) is 1. The number of amides is 1. The molecule has 1 rings (SSSR count). The molecular weight excluding hydrogens is 206 g/mol. The Kier molecular flexibility index (Phi) is 4.04. The van der Waals surface area contributed by atoms with Gasteiger partial charge in [0.25, 0.3) is 0 Å². The van der Waals surface area contributed by atoms with Crippen molar-refractivity contribution in [1.82, 2.24) is 10.2 Å². The van der Waals surface area contributed by atoms with E-state index < -0.39 is 5.54 Å². The van der Waals surface area contributed by atoms with Gasteiger partial charge in [0.05, 0.1) is 5.54 Å². The zero-order valence-electron chi connectivity index (χ0n) is 10.2. The van der Waals surface area contributed by atoms with E-state index in [0.717, 1.165) is 13.0 Å². The number of rotatable bonds is 5. The maximum absolute atomic E-state index is 11.9. The van der Waals surface area contributed by atoms with Crippen LogP contribution in [0.25, 0.3) is 0 Å². The number of carbonyl (C=O) groups is 2. The fourth-order valence-electron chi connectivity index (χ4n) is 1.68. The number of nitrogens with one attached hydrogen (secondary N) is 1. The zero-order valence-corrected chi connectivity index (χ0v) is 10.2. The molecule has 1 fully saturated rings. The van der Waals surface area contributed by atoms with Crippen molar-refractivity contribution in [2.24, 2.45) is 5.73 Å². The minimum atomic E-state index is -0.956. The highest BCUT2D eigenvalue weighted by Gasteiger charge is 2.34. The Hall–Kier alpha value is -0.940. The Morgan fingerprint density at radius 2 is 2.19 bits per heavy atom. The van der Waals surface area contributed by atoms with Crippen molar-refractivity contribution < 1.29 is 9.59 Å². The molecule has 1 amide bonds. The van der Waals surface area contributed by atoms with Gasteiger partial charge in [-0.1, -0.05) is 0 Å². The fraction of sp³-hybridized carbons (Fsp3) is 0.818. The van der Waals surface area contributed by atoms with Crippen molar-refractivity contribution >= 4 is 11.7 Å². The standard InChI is InChI=1S/C11H21N3O2/c1-8(15)13-7-11(2,12)10(16)6-9-4-5-14(9)3/h9H,4-7,12H2,1-3H3,(H,13,15). The van der Waals surface area contributed by atoms with Crippen LogP contribution in [0.4, 0.5) is 0 Å². The highest BCUT2D eigenvalue weighted by atomic mass is 16.1. The van der Waals surface area contributed by atoms with Gasteiger partial charge in [-0.15, -0.1) is 0 Å². The maximum atomic E-state index is 11.9. The lowest BCUT2D eigenvalue weighted by atomic mass is 9.88. The summed E-state index contributed by atoms with van der Waals surface area (Å²) < 4.78 is 0. The van der Waals surface area contributed by atoms with Gasteiger partial charge < -0.3 is 16.0 Å². The number of nitrogens with zero attached hydrogens (tertiary/aromatic N) is 1. The van der Waals surface area contributed by atoms with Gasteiger partial charge in [0, 0.05) is 25.9 Å². The molecule has 0 bridgehead atoms. The van der Waals surface area contributed by atoms with Crippen molar-refractivity contribution in [2.45, 2.75) is 38.3 Å². The van der Waals surface area contributed by atoms with Gasteiger partial charge in [-0.2, -0.15) is 0 Å². The highest BCUT2D eigenvalue weighted by Crippen LogP contribution is 2.20.